The summed E-state index contributed by atoms with van der Waals surface area (Å²) in [5.41, 5.74) is 0.897. The zero-order chi connectivity index (χ0) is 11.9. The molecule has 0 fully saturated rings. The molecule has 1 heterocycles. The molecule has 0 aliphatic carbocycles. The molecule has 0 aliphatic rings. The Labute approximate surface area is 95.9 Å². The third-order valence-electron chi connectivity index (χ3n) is 2.37. The molecule has 2 rings (SSSR count). The lowest BCUT2D eigenvalue weighted by atomic mass is 10.2. The van der Waals surface area contributed by atoms with Crippen LogP contribution in [0.2, 0.25) is 0 Å². The van der Waals surface area contributed by atoms with E-state index in [-0.39, 0.29) is 16.6 Å². The fraction of sp³-hybridized carbons (Fsp3) is 0.273. The summed E-state index contributed by atoms with van der Waals surface area (Å²) in [5, 5.41) is 0. The first-order valence-corrected chi connectivity index (χ1v) is 5.67. The molecule has 1 aromatic carbocycles. The Balaban J connectivity index is 2.87. The summed E-state index contributed by atoms with van der Waals surface area (Å²) in [6.07, 6.45) is 0. The molecule has 0 unspecified atom stereocenters. The van der Waals surface area contributed by atoms with Crippen LogP contribution in [0.5, 0.6) is 0 Å². The summed E-state index contributed by atoms with van der Waals surface area (Å²) < 4.78 is 15.7. The number of nitrogens with zero attached hydrogens (tertiary/aromatic N) is 2. The second kappa shape index (κ2) is 3.83. The maximum atomic E-state index is 13.4. The summed E-state index contributed by atoms with van der Waals surface area (Å²) in [7, 11) is 0. The van der Waals surface area contributed by atoms with E-state index in [0.717, 1.165) is 11.3 Å². The molecule has 0 saturated heterocycles. The first-order valence-electron chi connectivity index (χ1n) is 4.86. The predicted octanol–water partition coefficient (Wildman–Crippen LogP) is 3.12. The Morgan fingerprint density at radius 2 is 2.19 bits per heavy atom. The van der Waals surface area contributed by atoms with E-state index >= 15 is 0 Å². The summed E-state index contributed by atoms with van der Waals surface area (Å²) in [5.74, 6) is -0.445. The average Bonchev–Trinajstić information content (AvgIpc) is 2.51. The van der Waals surface area contributed by atoms with Crippen LogP contribution in [-0.2, 0) is 0 Å². The first kappa shape index (κ1) is 11.0. The normalized spacial score (nSPS) is 11.2. The van der Waals surface area contributed by atoms with E-state index in [1.54, 1.807) is 10.6 Å². The molecule has 0 N–H and O–H groups in total. The molecule has 16 heavy (non-hydrogen) atoms. The molecule has 84 valence electrons. The predicted molar refractivity (Wildman–Crippen MR) is 65.6 cm³/mol. The topological polar surface area (TPSA) is 34.4 Å². The van der Waals surface area contributed by atoms with Crippen LogP contribution < -0.4 is 4.87 Å². The second-order valence-corrected chi connectivity index (χ2v) is 4.75. The van der Waals surface area contributed by atoms with Gasteiger partial charge in [-0.15, -0.1) is 0 Å². The fourth-order valence-electron chi connectivity index (χ4n) is 1.65. The number of hydrogen-bond acceptors (Lipinski definition) is 3. The lowest BCUT2D eigenvalue weighted by molar-refractivity contribution is 0.609. The highest BCUT2D eigenvalue weighted by Crippen LogP contribution is 2.27. The summed E-state index contributed by atoms with van der Waals surface area (Å²) in [6, 6.07) is 2.95. The molecule has 0 bridgehead atoms. The van der Waals surface area contributed by atoms with Crippen molar-refractivity contribution in [3.63, 3.8) is 0 Å². The van der Waals surface area contributed by atoms with Gasteiger partial charge in [0.1, 0.15) is 11.5 Å². The molecule has 0 spiro atoms. The smallest absolute Gasteiger partial charge is 0.296 e. The maximum Gasteiger partial charge on any atom is 0.308 e. The van der Waals surface area contributed by atoms with Gasteiger partial charge in [0, 0.05) is 6.04 Å². The molecule has 0 radical (unpaired) electrons. The van der Waals surface area contributed by atoms with Crippen molar-refractivity contribution in [2.75, 3.05) is 0 Å². The van der Waals surface area contributed by atoms with Gasteiger partial charge in [-0.3, -0.25) is 14.4 Å². The van der Waals surface area contributed by atoms with Gasteiger partial charge in [-0.25, -0.2) is 4.39 Å². The molecular formula is C11H11FN2OS. The highest BCUT2D eigenvalue weighted by molar-refractivity contribution is 7.16. The third kappa shape index (κ3) is 1.57. The quantitative estimate of drug-likeness (QED) is 0.740. The SMILES string of the molecule is C=Nc1cc2c(cc1F)sc(=O)n2C(C)C. The van der Waals surface area contributed by atoms with Crippen LogP contribution in [0, 0.1) is 5.82 Å². The Kier molecular flexibility index (Phi) is 2.63. The molecule has 5 heteroatoms. The minimum absolute atomic E-state index is 0.0457. The van der Waals surface area contributed by atoms with Crippen LogP contribution in [0.1, 0.15) is 19.9 Å². The first-order chi connectivity index (χ1) is 7.54. The highest BCUT2D eigenvalue weighted by Gasteiger charge is 2.13. The van der Waals surface area contributed by atoms with E-state index < -0.39 is 5.82 Å². The summed E-state index contributed by atoms with van der Waals surface area (Å²) in [4.78, 5) is 15.2. The van der Waals surface area contributed by atoms with Crippen molar-refractivity contribution in [2.45, 2.75) is 19.9 Å². The number of aliphatic imine (C=N–C) groups is 1. The highest BCUT2D eigenvalue weighted by atomic mass is 32.1. The van der Waals surface area contributed by atoms with Crippen molar-refractivity contribution in [1.29, 1.82) is 0 Å². The molecule has 0 aliphatic heterocycles. The Bertz CT molecular complexity index is 612. The van der Waals surface area contributed by atoms with E-state index in [1.807, 2.05) is 13.8 Å². The van der Waals surface area contributed by atoms with Gasteiger partial charge < -0.3 is 0 Å². The number of benzene rings is 1. The maximum absolute atomic E-state index is 13.4. The molecular weight excluding hydrogens is 227 g/mol. The molecule has 1 aromatic heterocycles. The molecule has 2 aromatic rings. The van der Waals surface area contributed by atoms with Gasteiger partial charge in [0.15, 0.2) is 0 Å². The van der Waals surface area contributed by atoms with E-state index in [9.17, 15) is 9.18 Å². The standard InChI is InChI=1S/C11H11FN2OS/c1-6(2)14-9-5-8(13-3)7(12)4-10(9)16-11(14)15/h4-6H,3H2,1-2H3. The van der Waals surface area contributed by atoms with Gasteiger partial charge >= 0.3 is 4.87 Å². The van der Waals surface area contributed by atoms with Gasteiger partial charge in [-0.1, -0.05) is 11.3 Å². The van der Waals surface area contributed by atoms with Crippen molar-refractivity contribution in [3.8, 4) is 0 Å². The van der Waals surface area contributed by atoms with Gasteiger partial charge in [-0.2, -0.15) is 0 Å². The van der Waals surface area contributed by atoms with Gasteiger partial charge in [0.2, 0.25) is 0 Å². The number of hydrogen-bond donors (Lipinski definition) is 0. The van der Waals surface area contributed by atoms with Crippen molar-refractivity contribution >= 4 is 34.0 Å². The Morgan fingerprint density at radius 1 is 1.50 bits per heavy atom. The minimum atomic E-state index is -0.445. The van der Waals surface area contributed by atoms with Crippen molar-refractivity contribution in [1.82, 2.24) is 4.57 Å². The molecule has 0 atom stereocenters. The number of halogens is 1. The zero-order valence-electron chi connectivity index (χ0n) is 9.03. The Morgan fingerprint density at radius 3 is 2.75 bits per heavy atom. The van der Waals surface area contributed by atoms with E-state index in [0.29, 0.717) is 10.2 Å². The average molecular weight is 238 g/mol. The number of fused-ring (bicyclic) bond motifs is 1. The van der Waals surface area contributed by atoms with Crippen molar-refractivity contribution < 1.29 is 4.39 Å². The van der Waals surface area contributed by atoms with Crippen LogP contribution in [-0.4, -0.2) is 11.3 Å². The third-order valence-corrected chi connectivity index (χ3v) is 3.29. The fourth-order valence-corrected chi connectivity index (χ4v) is 2.67. The van der Waals surface area contributed by atoms with E-state index in [4.69, 9.17) is 0 Å². The van der Waals surface area contributed by atoms with E-state index in [1.165, 1.54) is 6.07 Å². The van der Waals surface area contributed by atoms with Gasteiger partial charge in [-0.05, 0) is 32.7 Å². The van der Waals surface area contributed by atoms with E-state index in [2.05, 4.69) is 11.7 Å². The molecule has 3 nitrogen and oxygen atoms in total. The summed E-state index contributed by atoms with van der Waals surface area (Å²) in [6.45, 7) is 7.14. The van der Waals surface area contributed by atoms with Crippen molar-refractivity contribution in [3.05, 3.63) is 27.6 Å². The number of rotatable bonds is 2. The monoisotopic (exact) mass is 238 g/mol. The lowest BCUT2D eigenvalue weighted by Crippen LogP contribution is -2.14. The van der Waals surface area contributed by atoms with Crippen LogP contribution in [0.4, 0.5) is 10.1 Å². The van der Waals surface area contributed by atoms with Crippen LogP contribution in [0.25, 0.3) is 10.2 Å². The molecule has 0 amide bonds. The number of thiazole rings is 1. The van der Waals surface area contributed by atoms with Crippen LogP contribution in [0.3, 0.4) is 0 Å². The second-order valence-electron chi connectivity index (χ2n) is 3.76. The zero-order valence-corrected chi connectivity index (χ0v) is 9.84. The van der Waals surface area contributed by atoms with Crippen LogP contribution in [0.15, 0.2) is 21.9 Å². The largest absolute Gasteiger partial charge is 0.308 e. The van der Waals surface area contributed by atoms with Gasteiger partial charge in [0.25, 0.3) is 0 Å². The number of aromatic nitrogens is 1. The summed E-state index contributed by atoms with van der Waals surface area (Å²) >= 11 is 1.05. The molecule has 0 saturated carbocycles. The lowest BCUT2D eigenvalue weighted by Gasteiger charge is -2.07. The van der Waals surface area contributed by atoms with Gasteiger partial charge in [0.05, 0.1) is 10.2 Å². The van der Waals surface area contributed by atoms with Crippen LogP contribution >= 0.6 is 11.3 Å². The van der Waals surface area contributed by atoms with Crippen molar-refractivity contribution in [2.24, 2.45) is 4.99 Å². The minimum Gasteiger partial charge on any atom is -0.296 e. The Hall–Kier alpha value is -1.49.